The minimum absolute atomic E-state index is 0.0895. The number of hydrogen-bond donors (Lipinski definition) is 1. The van der Waals surface area contributed by atoms with E-state index in [0.717, 1.165) is 46.6 Å². The topological polar surface area (TPSA) is 63.4 Å². The molecule has 1 amide bonds. The average molecular weight is 491 g/mol. The first kappa shape index (κ1) is 23.7. The molecule has 2 N–H and O–H groups in total. The molecule has 1 fully saturated rings. The highest BCUT2D eigenvalue weighted by Gasteiger charge is 2.29. The van der Waals surface area contributed by atoms with Gasteiger partial charge in [0.05, 0.1) is 10.6 Å². The molecule has 0 radical (unpaired) electrons. The molecule has 0 spiro atoms. The molecule has 2 aliphatic rings. The van der Waals surface area contributed by atoms with Gasteiger partial charge in [0.25, 0.3) is 5.91 Å². The summed E-state index contributed by atoms with van der Waals surface area (Å²) in [6.45, 7) is 0.417. The van der Waals surface area contributed by atoms with E-state index < -0.39 is 0 Å². The Labute approximate surface area is 210 Å². The van der Waals surface area contributed by atoms with E-state index in [0.29, 0.717) is 29.9 Å². The predicted molar refractivity (Wildman–Crippen MR) is 141 cm³/mol. The van der Waals surface area contributed by atoms with Crippen molar-refractivity contribution >= 4 is 34.4 Å². The molecule has 35 heavy (non-hydrogen) atoms. The number of rotatable bonds is 3. The molecule has 6 heteroatoms. The molecule has 5 rings (SSSR count). The number of thiophene rings is 1. The lowest BCUT2D eigenvalue weighted by atomic mass is 9.91. The second kappa shape index (κ2) is 10.3. The maximum Gasteiger partial charge on any atom is 0.258 e. The molecule has 4 nitrogen and oxygen atoms in total. The van der Waals surface area contributed by atoms with Crippen LogP contribution in [0, 0.1) is 11.7 Å². The molecule has 2 aromatic carbocycles. The highest BCUT2D eigenvalue weighted by Crippen LogP contribution is 2.43. The van der Waals surface area contributed by atoms with Crippen LogP contribution in [-0.2, 0) is 6.42 Å². The minimum atomic E-state index is -0.388. The van der Waals surface area contributed by atoms with Crippen LogP contribution in [0.15, 0.2) is 48.5 Å². The van der Waals surface area contributed by atoms with Gasteiger partial charge in [0.1, 0.15) is 5.82 Å². The van der Waals surface area contributed by atoms with E-state index >= 15 is 0 Å². The highest BCUT2D eigenvalue weighted by molar-refractivity contribution is 7.17. The SMILES string of the molecule is Nc1ccc(C(=O)N2CCc3cc(C(=O)C4CCCCCCCC4)sc3-c3ccc(F)cc32)cc1. The molecule has 3 aromatic rings. The zero-order valence-electron chi connectivity index (χ0n) is 19.9. The Morgan fingerprint density at radius 1 is 0.914 bits per heavy atom. The van der Waals surface area contributed by atoms with Crippen molar-refractivity contribution in [1.82, 2.24) is 0 Å². The van der Waals surface area contributed by atoms with E-state index in [2.05, 4.69) is 0 Å². The number of nitrogens with two attached hydrogens (primary N) is 1. The first-order chi connectivity index (χ1) is 17.0. The Hall–Kier alpha value is -2.99. The van der Waals surface area contributed by atoms with E-state index in [1.165, 1.54) is 49.2 Å². The standard InChI is InChI=1S/C29H31FN2O2S/c30-22-11-14-24-25(18-22)32(29(34)20-9-12-23(31)13-10-20)16-15-21-17-26(35-28(21)24)27(33)19-7-5-3-1-2-4-6-8-19/h9-14,17-19H,1-8,15-16,31H2. The maximum absolute atomic E-state index is 14.4. The fourth-order valence-corrected chi connectivity index (χ4v) is 6.59. The molecule has 1 aromatic heterocycles. The van der Waals surface area contributed by atoms with E-state index in [-0.39, 0.29) is 23.4 Å². The predicted octanol–water partition coefficient (Wildman–Crippen LogP) is 7.27. The van der Waals surface area contributed by atoms with Crippen LogP contribution in [-0.4, -0.2) is 18.2 Å². The molecule has 1 saturated carbocycles. The smallest absolute Gasteiger partial charge is 0.258 e. The monoisotopic (exact) mass is 490 g/mol. The number of nitrogens with zero attached hydrogens (tertiary/aromatic N) is 1. The number of benzene rings is 2. The van der Waals surface area contributed by atoms with Gasteiger partial charge >= 0.3 is 0 Å². The van der Waals surface area contributed by atoms with Crippen LogP contribution in [0.3, 0.4) is 0 Å². The van der Waals surface area contributed by atoms with Gasteiger partial charge in [0.2, 0.25) is 0 Å². The normalized spacial score (nSPS) is 16.9. The van der Waals surface area contributed by atoms with Gasteiger partial charge in [-0.2, -0.15) is 0 Å². The van der Waals surface area contributed by atoms with Crippen LogP contribution in [0.4, 0.5) is 15.8 Å². The summed E-state index contributed by atoms with van der Waals surface area (Å²) in [6.07, 6.45) is 9.74. The van der Waals surface area contributed by atoms with Crippen LogP contribution >= 0.6 is 11.3 Å². The van der Waals surface area contributed by atoms with Crippen molar-refractivity contribution in [2.45, 2.75) is 57.8 Å². The van der Waals surface area contributed by atoms with E-state index in [9.17, 15) is 14.0 Å². The fourth-order valence-electron chi connectivity index (χ4n) is 5.33. The number of carbonyl (C=O) groups excluding carboxylic acids is 2. The molecular formula is C29H31FN2O2S. The molecule has 2 heterocycles. The lowest BCUT2D eigenvalue weighted by Crippen LogP contribution is -2.32. The third-order valence-electron chi connectivity index (χ3n) is 7.28. The second-order valence-corrected chi connectivity index (χ2v) is 10.8. The van der Waals surface area contributed by atoms with Crippen molar-refractivity contribution in [3.05, 3.63) is 70.4 Å². The summed E-state index contributed by atoms with van der Waals surface area (Å²) in [5.74, 6) is -0.232. The molecule has 1 aliphatic heterocycles. The zero-order valence-corrected chi connectivity index (χ0v) is 20.7. The number of fused-ring (bicyclic) bond motifs is 3. The summed E-state index contributed by atoms with van der Waals surface area (Å²) in [4.78, 5) is 30.3. The molecule has 182 valence electrons. The van der Waals surface area contributed by atoms with Crippen molar-refractivity contribution in [1.29, 1.82) is 0 Å². The molecule has 1 aliphatic carbocycles. The first-order valence-corrected chi connectivity index (χ1v) is 13.5. The van der Waals surface area contributed by atoms with Gasteiger partial charge < -0.3 is 10.6 Å². The molecule has 0 bridgehead atoms. The van der Waals surface area contributed by atoms with Gasteiger partial charge in [-0.15, -0.1) is 11.3 Å². The Balaban J connectivity index is 1.48. The largest absolute Gasteiger partial charge is 0.399 e. The third-order valence-corrected chi connectivity index (χ3v) is 8.51. The van der Waals surface area contributed by atoms with Crippen LogP contribution in [0.2, 0.25) is 0 Å². The van der Waals surface area contributed by atoms with Crippen molar-refractivity contribution < 1.29 is 14.0 Å². The van der Waals surface area contributed by atoms with E-state index in [1.807, 2.05) is 6.07 Å². The van der Waals surface area contributed by atoms with Gasteiger partial charge in [-0.25, -0.2) is 4.39 Å². The van der Waals surface area contributed by atoms with Gasteiger partial charge in [0, 0.05) is 34.2 Å². The number of carbonyl (C=O) groups is 2. The molecule has 0 unspecified atom stereocenters. The Bertz CT molecular complexity index is 1220. The van der Waals surface area contributed by atoms with Gasteiger partial charge in [-0.05, 0) is 73.4 Å². The second-order valence-electron chi connectivity index (χ2n) is 9.72. The Morgan fingerprint density at radius 3 is 2.31 bits per heavy atom. The summed E-state index contributed by atoms with van der Waals surface area (Å²) >= 11 is 1.50. The number of halogens is 1. The lowest BCUT2D eigenvalue weighted by molar-refractivity contribution is 0.0907. The summed E-state index contributed by atoms with van der Waals surface area (Å²) in [5, 5.41) is 0. The summed E-state index contributed by atoms with van der Waals surface area (Å²) < 4.78 is 14.4. The summed E-state index contributed by atoms with van der Waals surface area (Å²) in [5.41, 5.74) is 9.30. The van der Waals surface area contributed by atoms with Crippen molar-refractivity contribution in [2.75, 3.05) is 17.2 Å². The zero-order chi connectivity index (χ0) is 24.4. The number of ketones is 1. The average Bonchev–Trinajstić information content (AvgIpc) is 3.28. The molecule has 0 atom stereocenters. The fraction of sp³-hybridized carbons (Fsp3) is 0.379. The number of nitrogen functional groups attached to an aromatic ring is 1. The van der Waals surface area contributed by atoms with Gasteiger partial charge in [-0.3, -0.25) is 9.59 Å². The number of anilines is 2. The van der Waals surface area contributed by atoms with Crippen molar-refractivity contribution in [2.24, 2.45) is 5.92 Å². The van der Waals surface area contributed by atoms with Crippen molar-refractivity contribution in [3.8, 4) is 10.4 Å². The molecule has 0 saturated heterocycles. The number of Topliss-reactive ketones (excluding diaryl/α,β-unsaturated/α-hetero) is 1. The van der Waals surface area contributed by atoms with Gasteiger partial charge in [0.15, 0.2) is 5.78 Å². The summed E-state index contributed by atoms with van der Waals surface area (Å²) in [7, 11) is 0. The number of hydrogen-bond acceptors (Lipinski definition) is 4. The number of amides is 1. The van der Waals surface area contributed by atoms with Crippen LogP contribution in [0.5, 0.6) is 0 Å². The van der Waals surface area contributed by atoms with E-state index in [1.54, 1.807) is 35.2 Å². The minimum Gasteiger partial charge on any atom is -0.399 e. The first-order valence-electron chi connectivity index (χ1n) is 12.7. The summed E-state index contributed by atoms with van der Waals surface area (Å²) in [6, 6.07) is 13.4. The third kappa shape index (κ3) is 5.03. The van der Waals surface area contributed by atoms with Crippen LogP contribution in [0.1, 0.15) is 77.0 Å². The van der Waals surface area contributed by atoms with Gasteiger partial charge in [-0.1, -0.05) is 38.5 Å². The van der Waals surface area contributed by atoms with Crippen LogP contribution < -0.4 is 10.6 Å². The van der Waals surface area contributed by atoms with Crippen molar-refractivity contribution in [3.63, 3.8) is 0 Å². The highest BCUT2D eigenvalue weighted by atomic mass is 32.1. The maximum atomic E-state index is 14.4. The Kier molecular flexibility index (Phi) is 7.00. The molecular weight excluding hydrogens is 459 g/mol. The quantitative estimate of drug-likeness (QED) is 0.310. The van der Waals surface area contributed by atoms with Crippen LogP contribution in [0.25, 0.3) is 10.4 Å². The lowest BCUT2D eigenvalue weighted by Gasteiger charge is -2.23. The Morgan fingerprint density at radius 2 is 1.60 bits per heavy atom. The van der Waals surface area contributed by atoms with E-state index in [4.69, 9.17) is 5.73 Å².